The van der Waals surface area contributed by atoms with Gasteiger partial charge < -0.3 is 14.2 Å². The second-order valence-corrected chi connectivity index (χ2v) is 8.80. The van der Waals surface area contributed by atoms with Gasteiger partial charge in [-0.2, -0.15) is 0 Å². The number of aliphatic hydroxyl groups is 1. The summed E-state index contributed by atoms with van der Waals surface area (Å²) in [6, 6.07) is 5.88. The summed E-state index contributed by atoms with van der Waals surface area (Å²) >= 11 is 0. The van der Waals surface area contributed by atoms with Crippen molar-refractivity contribution >= 4 is 11.4 Å². The van der Waals surface area contributed by atoms with Gasteiger partial charge in [-0.05, 0) is 43.7 Å². The van der Waals surface area contributed by atoms with Crippen LogP contribution in [0.4, 0.5) is 8.78 Å². The molecule has 3 aliphatic carbocycles. The molecule has 3 aliphatic rings. The maximum absolute atomic E-state index is 12.9. The number of carbonyl (C=O) groups excluding carboxylic acids is 1. The number of ketones is 1. The molecule has 0 spiro atoms. The van der Waals surface area contributed by atoms with Gasteiger partial charge in [-0.25, -0.2) is 18.7 Å². The molecule has 31 heavy (non-hydrogen) atoms. The fourth-order valence-corrected chi connectivity index (χ4v) is 5.17. The molecule has 3 saturated carbocycles. The number of aliphatic hydroxyl groups excluding tert-OH is 1. The van der Waals surface area contributed by atoms with E-state index < -0.39 is 12.1 Å². The molecule has 0 radical (unpaired) electrons. The monoisotopic (exact) mass is 427 g/mol. The number of hydrogen-bond acceptors (Lipinski definition) is 5. The number of rotatable bonds is 8. The number of fused-ring (bicyclic) bond motifs is 1. The zero-order valence-electron chi connectivity index (χ0n) is 17.1. The van der Waals surface area contributed by atoms with Crippen LogP contribution >= 0.6 is 0 Å². The molecule has 3 heterocycles. The van der Waals surface area contributed by atoms with Crippen LogP contribution < -0.4 is 4.74 Å². The Kier molecular flexibility index (Phi) is 4.58. The van der Waals surface area contributed by atoms with E-state index in [4.69, 9.17) is 9.72 Å². The van der Waals surface area contributed by atoms with Gasteiger partial charge in [0.25, 0.3) is 6.43 Å². The van der Waals surface area contributed by atoms with Gasteiger partial charge in [0.05, 0.1) is 12.3 Å². The summed E-state index contributed by atoms with van der Waals surface area (Å²) in [6.07, 6.45) is 3.92. The van der Waals surface area contributed by atoms with Gasteiger partial charge in [-0.15, -0.1) is 0 Å². The first-order valence-electron chi connectivity index (χ1n) is 10.4. The molecule has 0 unspecified atom stereocenters. The van der Waals surface area contributed by atoms with E-state index in [0.717, 1.165) is 30.6 Å². The van der Waals surface area contributed by atoms with E-state index in [9.17, 15) is 18.7 Å². The summed E-state index contributed by atoms with van der Waals surface area (Å²) in [5.41, 5.74) is 2.12. The highest BCUT2D eigenvalue weighted by Crippen LogP contribution is 2.73. The summed E-state index contributed by atoms with van der Waals surface area (Å²) in [7, 11) is 0. The third-order valence-electron chi connectivity index (χ3n) is 6.58. The molecular weight excluding hydrogens is 404 g/mol. The summed E-state index contributed by atoms with van der Waals surface area (Å²) in [5, 5.41) is 9.52. The predicted molar refractivity (Wildman–Crippen MR) is 109 cm³/mol. The average molecular weight is 427 g/mol. The Hall–Kier alpha value is -2.87. The highest BCUT2D eigenvalue weighted by molar-refractivity contribution is 5.96. The minimum atomic E-state index is -2.73. The first-order valence-corrected chi connectivity index (χ1v) is 10.4. The molecule has 162 valence electrons. The largest absolute Gasteiger partial charge is 0.493 e. The van der Waals surface area contributed by atoms with Gasteiger partial charge in [0, 0.05) is 42.5 Å². The van der Waals surface area contributed by atoms with Crippen molar-refractivity contribution in [3.05, 3.63) is 59.3 Å². The molecule has 6 nitrogen and oxygen atoms in total. The predicted octanol–water partition coefficient (Wildman–Crippen LogP) is 3.91. The second kappa shape index (κ2) is 7.09. The Morgan fingerprint density at radius 1 is 1.26 bits per heavy atom. The molecule has 3 fully saturated rings. The van der Waals surface area contributed by atoms with Crippen molar-refractivity contribution in [3.8, 4) is 5.75 Å². The van der Waals surface area contributed by atoms with E-state index >= 15 is 0 Å². The maximum atomic E-state index is 12.9. The number of hydrogen-bond donors (Lipinski definition) is 1. The summed E-state index contributed by atoms with van der Waals surface area (Å²) in [6.45, 7) is 2.51. The van der Waals surface area contributed by atoms with Crippen LogP contribution in [0.25, 0.3) is 5.65 Å². The van der Waals surface area contributed by atoms with Crippen molar-refractivity contribution in [3.63, 3.8) is 0 Å². The first-order chi connectivity index (χ1) is 14.9. The number of halogens is 2. The molecule has 0 aliphatic heterocycles. The van der Waals surface area contributed by atoms with E-state index in [0.29, 0.717) is 17.9 Å². The molecule has 3 aromatic heterocycles. The first kappa shape index (κ1) is 20.1. The van der Waals surface area contributed by atoms with Gasteiger partial charge in [-0.1, -0.05) is 6.07 Å². The molecule has 2 bridgehead atoms. The minimum Gasteiger partial charge on any atom is -0.493 e. The van der Waals surface area contributed by atoms with Crippen LogP contribution in [0.15, 0.2) is 36.7 Å². The van der Waals surface area contributed by atoms with Crippen LogP contribution in [0.2, 0.25) is 0 Å². The zero-order valence-corrected chi connectivity index (χ0v) is 17.1. The quantitative estimate of drug-likeness (QED) is 0.552. The smallest absolute Gasteiger partial charge is 0.280 e. The fourth-order valence-electron chi connectivity index (χ4n) is 5.17. The van der Waals surface area contributed by atoms with Crippen molar-refractivity contribution in [1.29, 1.82) is 0 Å². The number of pyridine rings is 2. The lowest BCUT2D eigenvalue weighted by atomic mass is 9.34. The zero-order chi connectivity index (χ0) is 21.8. The van der Waals surface area contributed by atoms with E-state index in [2.05, 4.69) is 4.98 Å². The molecule has 6 rings (SSSR count). The van der Waals surface area contributed by atoms with Crippen LogP contribution in [0.3, 0.4) is 0 Å². The van der Waals surface area contributed by atoms with Gasteiger partial charge in [0.2, 0.25) is 0 Å². The Balaban J connectivity index is 1.44. The SMILES string of the molecule is CCOc1cc2nc(C34CC(CO)(C3)C4)cn2cc1CC(=O)c1cccc(C(F)F)n1. The number of Topliss-reactive ketones (excluding diaryl/α,β-unsaturated/α-hetero) is 1. The lowest BCUT2D eigenvalue weighted by molar-refractivity contribution is -0.169. The highest BCUT2D eigenvalue weighted by atomic mass is 19.3. The van der Waals surface area contributed by atoms with Gasteiger partial charge in [0.15, 0.2) is 5.78 Å². The van der Waals surface area contributed by atoms with E-state index in [-0.39, 0.29) is 35.3 Å². The van der Waals surface area contributed by atoms with Crippen molar-refractivity contribution in [2.45, 2.75) is 44.4 Å². The number of carbonyl (C=O) groups is 1. The number of aromatic nitrogens is 3. The molecular formula is C23H23F2N3O3. The van der Waals surface area contributed by atoms with Crippen molar-refractivity contribution < 1.29 is 23.4 Å². The number of ether oxygens (including phenoxy) is 1. The van der Waals surface area contributed by atoms with Gasteiger partial charge in [0.1, 0.15) is 22.8 Å². The van der Waals surface area contributed by atoms with Crippen LogP contribution in [0.1, 0.15) is 60.1 Å². The third kappa shape index (κ3) is 3.20. The molecule has 8 heteroatoms. The molecule has 0 aromatic carbocycles. The molecule has 0 amide bonds. The average Bonchev–Trinajstić information content (AvgIpc) is 3.09. The van der Waals surface area contributed by atoms with E-state index in [1.165, 1.54) is 18.2 Å². The van der Waals surface area contributed by atoms with Crippen LogP contribution in [0.5, 0.6) is 5.75 Å². The Bertz CT molecular complexity index is 1150. The third-order valence-corrected chi connectivity index (χ3v) is 6.58. The molecule has 3 aromatic rings. The van der Waals surface area contributed by atoms with Crippen LogP contribution in [0, 0.1) is 5.41 Å². The van der Waals surface area contributed by atoms with Crippen molar-refractivity contribution in [2.24, 2.45) is 5.41 Å². The Morgan fingerprint density at radius 2 is 2.03 bits per heavy atom. The van der Waals surface area contributed by atoms with Crippen molar-refractivity contribution in [2.75, 3.05) is 13.2 Å². The normalized spacial score (nSPS) is 24.2. The molecule has 1 N–H and O–H groups in total. The molecule has 0 atom stereocenters. The number of nitrogens with zero attached hydrogens (tertiary/aromatic N) is 3. The standard InChI is InChI=1S/C23H23F2N3O3/c1-2-31-18-7-20-27-19(23-10-22(11-23,12-23)13-29)9-28(20)8-14(18)6-17(30)15-4-3-5-16(26-15)21(24)25/h3-5,7-9,21,29H,2,6,10-13H2,1H3. The number of alkyl halides is 2. The van der Waals surface area contributed by atoms with Crippen molar-refractivity contribution in [1.82, 2.24) is 14.4 Å². The van der Waals surface area contributed by atoms with Crippen LogP contribution in [-0.2, 0) is 11.8 Å². The van der Waals surface area contributed by atoms with E-state index in [1.807, 2.05) is 29.8 Å². The Morgan fingerprint density at radius 3 is 2.71 bits per heavy atom. The summed E-state index contributed by atoms with van der Waals surface area (Å²) < 4.78 is 33.5. The summed E-state index contributed by atoms with van der Waals surface area (Å²) in [5.74, 6) is 0.197. The van der Waals surface area contributed by atoms with E-state index in [1.54, 1.807) is 0 Å². The van der Waals surface area contributed by atoms with Gasteiger partial charge >= 0.3 is 0 Å². The summed E-state index contributed by atoms with van der Waals surface area (Å²) in [4.78, 5) is 21.3. The van der Waals surface area contributed by atoms with Gasteiger partial charge in [-0.3, -0.25) is 4.79 Å². The maximum Gasteiger partial charge on any atom is 0.280 e. The van der Waals surface area contributed by atoms with Crippen LogP contribution in [-0.4, -0.2) is 38.5 Å². The minimum absolute atomic E-state index is 0.00911. The number of imidazole rings is 1. The second-order valence-electron chi connectivity index (χ2n) is 8.80. The fraction of sp³-hybridized carbons (Fsp3) is 0.435. The highest BCUT2D eigenvalue weighted by Gasteiger charge is 2.68. The Labute approximate surface area is 177 Å². The lowest BCUT2D eigenvalue weighted by Gasteiger charge is -2.69. The molecule has 0 saturated heterocycles. The lowest BCUT2D eigenvalue weighted by Crippen LogP contribution is -2.66. The topological polar surface area (TPSA) is 76.7 Å².